The lowest BCUT2D eigenvalue weighted by molar-refractivity contribution is 0.0303. The van der Waals surface area contributed by atoms with Gasteiger partial charge in [0.05, 0.1) is 30.6 Å². The lowest BCUT2D eigenvalue weighted by atomic mass is 9.98. The number of rotatable bonds is 2. The molecular formula is C16H21N3O2. The average molecular weight is 287 g/mol. The standard InChI is InChI=1S/C16H21N3O2/c1-11(2)13-8-12(9-14-15(13)17-10-18(14)3)16(20)19-4-6-21-7-5-19/h8-11H,4-7H2,1-3H3. The summed E-state index contributed by atoms with van der Waals surface area (Å²) in [5.41, 5.74) is 3.88. The number of nitrogens with zero attached hydrogens (tertiary/aromatic N) is 3. The number of benzene rings is 1. The molecule has 3 rings (SSSR count). The molecular weight excluding hydrogens is 266 g/mol. The molecule has 21 heavy (non-hydrogen) atoms. The Hall–Kier alpha value is -1.88. The van der Waals surface area contributed by atoms with Crippen molar-refractivity contribution in [1.29, 1.82) is 0 Å². The van der Waals surface area contributed by atoms with E-state index in [0.29, 0.717) is 32.2 Å². The van der Waals surface area contributed by atoms with Crippen LogP contribution in [-0.2, 0) is 11.8 Å². The minimum absolute atomic E-state index is 0.0864. The van der Waals surface area contributed by atoms with Crippen molar-refractivity contribution in [3.8, 4) is 0 Å². The monoisotopic (exact) mass is 287 g/mol. The van der Waals surface area contributed by atoms with E-state index in [1.807, 2.05) is 28.6 Å². The highest BCUT2D eigenvalue weighted by Crippen LogP contribution is 2.26. The maximum Gasteiger partial charge on any atom is 0.254 e. The van der Waals surface area contributed by atoms with Crippen LogP contribution in [0.1, 0.15) is 35.7 Å². The predicted molar refractivity (Wildman–Crippen MR) is 81.5 cm³/mol. The van der Waals surface area contributed by atoms with Crippen LogP contribution in [0.3, 0.4) is 0 Å². The van der Waals surface area contributed by atoms with Gasteiger partial charge in [-0.3, -0.25) is 4.79 Å². The van der Waals surface area contributed by atoms with Crippen LogP contribution in [0.2, 0.25) is 0 Å². The molecule has 0 atom stereocenters. The maximum atomic E-state index is 12.7. The number of amides is 1. The topological polar surface area (TPSA) is 47.4 Å². The van der Waals surface area contributed by atoms with E-state index in [4.69, 9.17) is 4.74 Å². The van der Waals surface area contributed by atoms with Gasteiger partial charge in [0, 0.05) is 25.7 Å². The Morgan fingerprint density at radius 2 is 2.00 bits per heavy atom. The van der Waals surface area contributed by atoms with E-state index in [9.17, 15) is 4.79 Å². The smallest absolute Gasteiger partial charge is 0.254 e. The minimum Gasteiger partial charge on any atom is -0.378 e. The number of fused-ring (bicyclic) bond motifs is 1. The molecule has 0 N–H and O–H groups in total. The van der Waals surface area contributed by atoms with Gasteiger partial charge in [-0.1, -0.05) is 13.8 Å². The largest absolute Gasteiger partial charge is 0.378 e. The van der Waals surface area contributed by atoms with Crippen molar-refractivity contribution in [2.24, 2.45) is 7.05 Å². The molecule has 1 aromatic heterocycles. The summed E-state index contributed by atoms with van der Waals surface area (Å²) in [6.45, 7) is 6.84. The minimum atomic E-state index is 0.0864. The van der Waals surface area contributed by atoms with E-state index in [2.05, 4.69) is 18.8 Å². The third-order valence-corrected chi connectivity index (χ3v) is 4.03. The zero-order valence-corrected chi connectivity index (χ0v) is 12.8. The van der Waals surface area contributed by atoms with Crippen LogP contribution >= 0.6 is 0 Å². The number of imidazole rings is 1. The van der Waals surface area contributed by atoms with Gasteiger partial charge in [-0.15, -0.1) is 0 Å². The summed E-state index contributed by atoms with van der Waals surface area (Å²) in [5.74, 6) is 0.420. The first-order valence-electron chi connectivity index (χ1n) is 7.40. The van der Waals surface area contributed by atoms with Gasteiger partial charge in [0.25, 0.3) is 5.91 Å². The molecule has 1 saturated heterocycles. The van der Waals surface area contributed by atoms with Crippen LogP contribution in [0.5, 0.6) is 0 Å². The van der Waals surface area contributed by atoms with Gasteiger partial charge >= 0.3 is 0 Å². The summed E-state index contributed by atoms with van der Waals surface area (Å²) in [4.78, 5) is 19.0. The number of ether oxygens (including phenoxy) is 1. The van der Waals surface area contributed by atoms with Gasteiger partial charge in [-0.05, 0) is 23.6 Å². The quantitative estimate of drug-likeness (QED) is 0.850. The van der Waals surface area contributed by atoms with Crippen LogP contribution in [0.4, 0.5) is 0 Å². The first kappa shape index (κ1) is 14.1. The van der Waals surface area contributed by atoms with Crippen LogP contribution in [-0.4, -0.2) is 46.7 Å². The zero-order chi connectivity index (χ0) is 15.0. The van der Waals surface area contributed by atoms with E-state index < -0.39 is 0 Å². The summed E-state index contributed by atoms with van der Waals surface area (Å²) in [7, 11) is 1.96. The molecule has 2 aromatic rings. The fourth-order valence-electron chi connectivity index (χ4n) is 2.77. The first-order valence-corrected chi connectivity index (χ1v) is 7.40. The van der Waals surface area contributed by atoms with Gasteiger partial charge in [0.2, 0.25) is 0 Å². The Morgan fingerprint density at radius 3 is 2.67 bits per heavy atom. The number of morpholine rings is 1. The molecule has 1 aliphatic rings. The van der Waals surface area contributed by atoms with Crippen molar-refractivity contribution in [3.63, 3.8) is 0 Å². The second-order valence-corrected chi connectivity index (χ2v) is 5.85. The van der Waals surface area contributed by atoms with Crippen molar-refractivity contribution in [3.05, 3.63) is 29.6 Å². The molecule has 5 heteroatoms. The molecule has 1 fully saturated rings. The summed E-state index contributed by atoms with van der Waals surface area (Å²) in [6, 6.07) is 3.95. The summed E-state index contributed by atoms with van der Waals surface area (Å²) in [5, 5.41) is 0. The Balaban J connectivity index is 2.05. The van der Waals surface area contributed by atoms with E-state index in [1.165, 1.54) is 0 Å². The number of aryl methyl sites for hydroxylation is 1. The van der Waals surface area contributed by atoms with Crippen molar-refractivity contribution >= 4 is 16.9 Å². The molecule has 1 aromatic carbocycles. The molecule has 2 heterocycles. The van der Waals surface area contributed by atoms with Crippen LogP contribution in [0.15, 0.2) is 18.5 Å². The summed E-state index contributed by atoms with van der Waals surface area (Å²) < 4.78 is 7.29. The molecule has 5 nitrogen and oxygen atoms in total. The van der Waals surface area contributed by atoms with Crippen LogP contribution in [0.25, 0.3) is 11.0 Å². The summed E-state index contributed by atoms with van der Waals surface area (Å²) in [6.07, 6.45) is 1.81. The van der Waals surface area contributed by atoms with Crippen molar-refractivity contribution in [2.75, 3.05) is 26.3 Å². The van der Waals surface area contributed by atoms with Crippen molar-refractivity contribution < 1.29 is 9.53 Å². The van der Waals surface area contributed by atoms with Crippen LogP contribution < -0.4 is 0 Å². The molecule has 0 bridgehead atoms. The van der Waals surface area contributed by atoms with E-state index in [-0.39, 0.29) is 5.91 Å². The number of hydrogen-bond acceptors (Lipinski definition) is 3. The van der Waals surface area contributed by atoms with Gasteiger partial charge in [-0.25, -0.2) is 4.98 Å². The lowest BCUT2D eigenvalue weighted by Gasteiger charge is -2.27. The molecule has 0 aliphatic carbocycles. The summed E-state index contributed by atoms with van der Waals surface area (Å²) >= 11 is 0. The zero-order valence-electron chi connectivity index (χ0n) is 12.8. The number of aromatic nitrogens is 2. The number of hydrogen-bond donors (Lipinski definition) is 0. The Kier molecular flexibility index (Phi) is 3.68. The molecule has 0 saturated carbocycles. The Morgan fingerprint density at radius 1 is 1.29 bits per heavy atom. The predicted octanol–water partition coefficient (Wildman–Crippen LogP) is 2.17. The van der Waals surface area contributed by atoms with Crippen molar-refractivity contribution in [2.45, 2.75) is 19.8 Å². The SMILES string of the molecule is CC(C)c1cc(C(=O)N2CCOCC2)cc2c1ncn2C. The van der Waals surface area contributed by atoms with Gasteiger partial charge in [0.15, 0.2) is 0 Å². The molecule has 112 valence electrons. The molecule has 0 unspecified atom stereocenters. The molecule has 0 radical (unpaired) electrons. The van der Waals surface area contributed by atoms with Crippen LogP contribution in [0, 0.1) is 0 Å². The van der Waals surface area contributed by atoms with Crippen molar-refractivity contribution in [1.82, 2.24) is 14.5 Å². The number of carbonyl (C=O) groups excluding carboxylic acids is 1. The fourth-order valence-corrected chi connectivity index (χ4v) is 2.77. The lowest BCUT2D eigenvalue weighted by Crippen LogP contribution is -2.40. The average Bonchev–Trinajstić information content (AvgIpc) is 2.88. The van der Waals surface area contributed by atoms with E-state index in [0.717, 1.165) is 22.2 Å². The second-order valence-electron chi connectivity index (χ2n) is 5.85. The van der Waals surface area contributed by atoms with E-state index >= 15 is 0 Å². The third kappa shape index (κ3) is 2.53. The van der Waals surface area contributed by atoms with Gasteiger partial charge in [0.1, 0.15) is 0 Å². The Labute approximate surface area is 124 Å². The highest BCUT2D eigenvalue weighted by atomic mass is 16.5. The molecule has 0 spiro atoms. The first-order chi connectivity index (χ1) is 10.1. The Bertz CT molecular complexity index is 669. The highest BCUT2D eigenvalue weighted by Gasteiger charge is 2.21. The van der Waals surface area contributed by atoms with Gasteiger partial charge < -0.3 is 14.2 Å². The molecule has 1 amide bonds. The molecule has 1 aliphatic heterocycles. The van der Waals surface area contributed by atoms with Gasteiger partial charge in [-0.2, -0.15) is 0 Å². The normalized spacial score (nSPS) is 15.9. The highest BCUT2D eigenvalue weighted by molar-refractivity contribution is 5.98. The third-order valence-electron chi connectivity index (χ3n) is 4.03. The fraction of sp³-hybridized carbons (Fsp3) is 0.500. The second kappa shape index (κ2) is 5.48. The number of carbonyl (C=O) groups is 1. The maximum absolute atomic E-state index is 12.7. The van der Waals surface area contributed by atoms with E-state index in [1.54, 1.807) is 6.33 Å².